The lowest BCUT2D eigenvalue weighted by atomic mass is 10.1. The van der Waals surface area contributed by atoms with Crippen LogP contribution in [0.2, 0.25) is 5.04 Å². The van der Waals surface area contributed by atoms with E-state index in [1.54, 1.807) is 39.0 Å². The van der Waals surface area contributed by atoms with Gasteiger partial charge in [0.25, 0.3) is 0 Å². The quantitative estimate of drug-likeness (QED) is 0.303. The maximum absolute atomic E-state index is 13.5. The highest BCUT2D eigenvalue weighted by molar-refractivity contribution is 7.00. The van der Waals surface area contributed by atoms with Gasteiger partial charge in [-0.2, -0.15) is 0 Å². The number of carbonyl (C=O) groups excluding carboxylic acids is 2. The van der Waals surface area contributed by atoms with Gasteiger partial charge in [0, 0.05) is 0 Å². The van der Waals surface area contributed by atoms with E-state index in [9.17, 15) is 9.59 Å². The summed E-state index contributed by atoms with van der Waals surface area (Å²) in [5, 5.41) is 1.79. The van der Waals surface area contributed by atoms with Crippen LogP contribution in [0.4, 0.5) is 0 Å². The lowest BCUT2D eigenvalue weighted by Gasteiger charge is -2.43. The molecule has 3 rings (SSSR count). The fraction of sp³-hybridized carbons (Fsp3) is 0.333. The third kappa shape index (κ3) is 6.41. The number of methoxy groups -OCH3 is 1. The number of rotatable bonds is 8. The summed E-state index contributed by atoms with van der Waals surface area (Å²) >= 11 is 0. The molecule has 3 aromatic carbocycles. The normalized spacial score (nSPS) is 12.0. The Hall–Kier alpha value is -3.58. The molecule has 37 heavy (non-hydrogen) atoms. The molecule has 196 valence electrons. The van der Waals surface area contributed by atoms with Crippen molar-refractivity contribution in [2.24, 2.45) is 0 Å². The zero-order chi connectivity index (χ0) is 27.3. The van der Waals surface area contributed by atoms with Crippen molar-refractivity contribution >= 4 is 30.6 Å². The molecule has 0 unspecified atom stereocenters. The molecule has 0 N–H and O–H groups in total. The fourth-order valence-corrected chi connectivity index (χ4v) is 8.69. The number of esters is 2. The molecule has 0 bridgehead atoms. The van der Waals surface area contributed by atoms with Gasteiger partial charge in [0.2, 0.25) is 0 Å². The van der Waals surface area contributed by atoms with Crippen LogP contribution in [0.3, 0.4) is 0 Å². The van der Waals surface area contributed by atoms with E-state index in [2.05, 4.69) is 45.0 Å². The Balaban J connectivity index is 2.27. The molecule has 0 amide bonds. The van der Waals surface area contributed by atoms with Crippen LogP contribution in [-0.4, -0.2) is 39.6 Å². The SMILES string of the molecule is COC(=O)COc1cccc(O[Si](c2ccccc2)(c2ccccc2)C(C)(C)C)c1C(=O)OC(C)(C)C. The van der Waals surface area contributed by atoms with Gasteiger partial charge in [-0.3, -0.25) is 0 Å². The van der Waals surface area contributed by atoms with E-state index in [1.807, 2.05) is 36.4 Å². The van der Waals surface area contributed by atoms with Crippen molar-refractivity contribution in [3.63, 3.8) is 0 Å². The first kappa shape index (κ1) is 28.0. The van der Waals surface area contributed by atoms with E-state index >= 15 is 0 Å². The van der Waals surface area contributed by atoms with Crippen LogP contribution >= 0.6 is 0 Å². The monoisotopic (exact) mass is 520 g/mol. The summed E-state index contributed by atoms with van der Waals surface area (Å²) in [6.07, 6.45) is 0. The fourth-order valence-electron chi connectivity index (χ4n) is 4.26. The van der Waals surface area contributed by atoms with Crippen molar-refractivity contribution in [1.82, 2.24) is 0 Å². The summed E-state index contributed by atoms with van der Waals surface area (Å²) in [5.74, 6) is -0.629. The second-order valence-electron chi connectivity index (χ2n) is 10.8. The van der Waals surface area contributed by atoms with Gasteiger partial charge in [0.1, 0.15) is 22.7 Å². The Morgan fingerprint density at radius 2 is 1.24 bits per heavy atom. The van der Waals surface area contributed by atoms with Gasteiger partial charge < -0.3 is 18.6 Å². The van der Waals surface area contributed by atoms with Crippen molar-refractivity contribution in [1.29, 1.82) is 0 Å². The molecule has 0 aromatic heterocycles. The Morgan fingerprint density at radius 1 is 0.730 bits per heavy atom. The first-order valence-electron chi connectivity index (χ1n) is 12.2. The van der Waals surface area contributed by atoms with E-state index in [0.717, 1.165) is 10.4 Å². The van der Waals surface area contributed by atoms with Crippen molar-refractivity contribution in [3.8, 4) is 11.5 Å². The van der Waals surface area contributed by atoms with Gasteiger partial charge in [-0.1, -0.05) is 87.5 Å². The minimum absolute atomic E-state index is 0.134. The van der Waals surface area contributed by atoms with Crippen LogP contribution in [0.5, 0.6) is 11.5 Å². The van der Waals surface area contributed by atoms with Crippen molar-refractivity contribution < 1.29 is 28.2 Å². The second kappa shape index (κ2) is 11.2. The molecule has 0 aliphatic rings. The van der Waals surface area contributed by atoms with Crippen LogP contribution < -0.4 is 19.5 Å². The van der Waals surface area contributed by atoms with Crippen LogP contribution in [-0.2, 0) is 14.3 Å². The molecular formula is C30H36O6Si. The van der Waals surface area contributed by atoms with Crippen LogP contribution in [0.1, 0.15) is 51.9 Å². The summed E-state index contributed by atoms with van der Waals surface area (Å²) in [6.45, 7) is 11.5. The first-order chi connectivity index (χ1) is 17.4. The van der Waals surface area contributed by atoms with E-state index in [-0.39, 0.29) is 23.0 Å². The third-order valence-corrected chi connectivity index (χ3v) is 10.8. The Kier molecular flexibility index (Phi) is 8.48. The van der Waals surface area contributed by atoms with Gasteiger partial charge in [-0.25, -0.2) is 9.59 Å². The predicted octanol–water partition coefficient (Wildman–Crippen LogP) is 5.13. The van der Waals surface area contributed by atoms with E-state index in [1.165, 1.54) is 7.11 Å². The maximum Gasteiger partial charge on any atom is 0.346 e. The highest BCUT2D eigenvalue weighted by atomic mass is 28.4. The Bertz CT molecular complexity index is 1170. The number of hydrogen-bond donors (Lipinski definition) is 0. The van der Waals surface area contributed by atoms with E-state index < -0.39 is 25.9 Å². The van der Waals surface area contributed by atoms with Gasteiger partial charge in [0.05, 0.1) is 7.11 Å². The van der Waals surface area contributed by atoms with E-state index in [4.69, 9.17) is 18.6 Å². The van der Waals surface area contributed by atoms with Crippen molar-refractivity contribution in [2.45, 2.75) is 52.2 Å². The average Bonchev–Trinajstić information content (AvgIpc) is 2.85. The smallest absolute Gasteiger partial charge is 0.346 e. The summed E-state index contributed by atoms with van der Waals surface area (Å²) in [4.78, 5) is 25.4. The van der Waals surface area contributed by atoms with Crippen molar-refractivity contribution in [2.75, 3.05) is 13.7 Å². The number of ether oxygens (including phenoxy) is 3. The number of benzene rings is 3. The Morgan fingerprint density at radius 3 is 1.70 bits per heavy atom. The standard InChI is InChI=1S/C30H36O6Si/c1-29(2,3)35-28(32)27-24(34-21-26(31)33-7)19-14-20-25(27)36-37(30(4,5)6,22-15-10-8-11-16-22)23-17-12-9-13-18-23/h8-20H,21H2,1-7H3. The van der Waals surface area contributed by atoms with Crippen LogP contribution in [0.15, 0.2) is 78.9 Å². The van der Waals surface area contributed by atoms with Gasteiger partial charge in [-0.15, -0.1) is 0 Å². The molecular weight excluding hydrogens is 484 g/mol. The molecule has 6 nitrogen and oxygen atoms in total. The highest BCUT2D eigenvalue weighted by Crippen LogP contribution is 2.40. The summed E-state index contributed by atoms with van der Waals surface area (Å²) in [5.41, 5.74) is -0.615. The minimum Gasteiger partial charge on any atom is -0.533 e. The second-order valence-corrected chi connectivity index (χ2v) is 15.0. The predicted molar refractivity (Wildman–Crippen MR) is 147 cm³/mol. The van der Waals surface area contributed by atoms with E-state index in [0.29, 0.717) is 5.75 Å². The average molecular weight is 521 g/mol. The topological polar surface area (TPSA) is 71.1 Å². The molecule has 0 saturated carbocycles. The zero-order valence-electron chi connectivity index (χ0n) is 22.7. The third-order valence-electron chi connectivity index (χ3n) is 5.84. The zero-order valence-corrected chi connectivity index (χ0v) is 23.7. The lowest BCUT2D eigenvalue weighted by Crippen LogP contribution is -2.69. The summed E-state index contributed by atoms with van der Waals surface area (Å²) in [6, 6.07) is 25.4. The van der Waals surface area contributed by atoms with Gasteiger partial charge in [-0.05, 0) is 48.3 Å². The molecule has 0 atom stereocenters. The maximum atomic E-state index is 13.5. The molecule has 0 heterocycles. The van der Waals surface area contributed by atoms with Gasteiger partial charge >= 0.3 is 20.3 Å². The Labute approximate surface area is 220 Å². The largest absolute Gasteiger partial charge is 0.533 e. The molecule has 0 spiro atoms. The highest BCUT2D eigenvalue weighted by Gasteiger charge is 2.52. The first-order valence-corrected chi connectivity index (χ1v) is 14.2. The van der Waals surface area contributed by atoms with Gasteiger partial charge in [0.15, 0.2) is 6.61 Å². The molecule has 0 saturated heterocycles. The molecule has 0 aliphatic carbocycles. The molecule has 3 aromatic rings. The number of hydrogen-bond acceptors (Lipinski definition) is 6. The van der Waals surface area contributed by atoms with Crippen LogP contribution in [0, 0.1) is 0 Å². The molecule has 0 radical (unpaired) electrons. The molecule has 7 heteroatoms. The lowest BCUT2D eigenvalue weighted by molar-refractivity contribution is -0.142. The molecule has 0 fully saturated rings. The number of carbonyl (C=O) groups is 2. The molecule has 0 aliphatic heterocycles. The minimum atomic E-state index is -3.06. The summed E-state index contributed by atoms with van der Waals surface area (Å²) < 4.78 is 23.3. The van der Waals surface area contributed by atoms with Crippen LogP contribution in [0.25, 0.3) is 0 Å². The summed E-state index contributed by atoms with van der Waals surface area (Å²) in [7, 11) is -1.77. The van der Waals surface area contributed by atoms with Crippen molar-refractivity contribution in [3.05, 3.63) is 84.4 Å².